The van der Waals surface area contributed by atoms with Gasteiger partial charge in [-0.05, 0) is 39.3 Å². The van der Waals surface area contributed by atoms with E-state index in [1.165, 1.54) is 0 Å². The molecule has 1 aromatic rings. The lowest BCUT2D eigenvalue weighted by Gasteiger charge is -2.29. The Kier molecular flexibility index (Phi) is 2.70. The van der Waals surface area contributed by atoms with Crippen molar-refractivity contribution in [2.45, 2.75) is 39.3 Å². The van der Waals surface area contributed by atoms with E-state index in [0.717, 1.165) is 16.9 Å². The van der Waals surface area contributed by atoms with Crippen LogP contribution >= 0.6 is 11.6 Å². The Bertz CT molecular complexity index is 451. The molecule has 0 aromatic heterocycles. The van der Waals surface area contributed by atoms with Crippen molar-refractivity contribution in [1.29, 1.82) is 0 Å². The fraction of sp³-hybridized carbons (Fsp3) is 0.462. The summed E-state index contributed by atoms with van der Waals surface area (Å²) in [7, 11) is 0. The van der Waals surface area contributed by atoms with Crippen molar-refractivity contribution in [3.8, 4) is 5.75 Å². The van der Waals surface area contributed by atoms with Crippen LogP contribution in [0.15, 0.2) is 23.2 Å². The summed E-state index contributed by atoms with van der Waals surface area (Å²) in [6, 6.07) is 5.97. The van der Waals surface area contributed by atoms with Crippen molar-refractivity contribution >= 4 is 16.8 Å². The Labute approximate surface area is 101 Å². The van der Waals surface area contributed by atoms with Crippen molar-refractivity contribution in [3.63, 3.8) is 0 Å². The molecular weight excluding hydrogens is 222 g/mol. The minimum atomic E-state index is -0.336. The zero-order valence-electron chi connectivity index (χ0n) is 10.0. The number of aliphatic imine (C=N–C) groups is 1. The molecule has 1 atom stereocenters. The predicted octanol–water partition coefficient (Wildman–Crippen LogP) is 3.54. The summed E-state index contributed by atoms with van der Waals surface area (Å²) in [6.07, 6.45) is 0. The molecule has 2 rings (SSSR count). The zero-order valence-corrected chi connectivity index (χ0v) is 10.8. The van der Waals surface area contributed by atoms with Gasteiger partial charge in [-0.25, -0.2) is 0 Å². The van der Waals surface area contributed by atoms with Gasteiger partial charge in [0.25, 0.3) is 0 Å². The normalized spacial score (nSPS) is 22.8. The molecule has 3 heteroatoms. The molecule has 0 saturated heterocycles. The third-order valence-electron chi connectivity index (χ3n) is 3.11. The molecular formula is C13H16ClNO. The van der Waals surface area contributed by atoms with Gasteiger partial charge in [0.05, 0.1) is 11.6 Å². The summed E-state index contributed by atoms with van der Waals surface area (Å²) in [6.45, 7) is 8.11. The largest absolute Gasteiger partial charge is 0.485 e. The van der Waals surface area contributed by atoms with Crippen LogP contribution in [-0.2, 0) is 0 Å². The fourth-order valence-electron chi connectivity index (χ4n) is 1.69. The monoisotopic (exact) mass is 237 g/mol. The van der Waals surface area contributed by atoms with Crippen LogP contribution in [0, 0.1) is 6.92 Å². The molecule has 0 radical (unpaired) electrons. The van der Waals surface area contributed by atoms with E-state index in [1.807, 2.05) is 45.9 Å². The number of hydrogen-bond donors (Lipinski definition) is 0. The molecule has 1 aromatic carbocycles. The van der Waals surface area contributed by atoms with Gasteiger partial charge in [0.2, 0.25) is 0 Å². The molecule has 0 bridgehead atoms. The highest BCUT2D eigenvalue weighted by atomic mass is 35.5. The number of aryl methyl sites for hydroxylation is 1. The minimum Gasteiger partial charge on any atom is -0.485 e. The number of nitrogens with zero attached hydrogens (tertiary/aromatic N) is 1. The van der Waals surface area contributed by atoms with Crippen LogP contribution in [0.1, 0.15) is 31.9 Å². The second-order valence-corrected chi connectivity index (χ2v) is 5.11. The number of benzene rings is 1. The number of para-hydroxylation sites is 1. The molecule has 1 aliphatic heterocycles. The third-order valence-corrected chi connectivity index (χ3v) is 3.41. The smallest absolute Gasteiger partial charge is 0.135 e. The van der Waals surface area contributed by atoms with E-state index in [-0.39, 0.29) is 11.6 Å². The first kappa shape index (κ1) is 11.5. The van der Waals surface area contributed by atoms with Gasteiger partial charge in [0.15, 0.2) is 0 Å². The highest BCUT2D eigenvalue weighted by Crippen LogP contribution is 2.34. The molecule has 0 N–H and O–H groups in total. The Hall–Kier alpha value is -1.02. The van der Waals surface area contributed by atoms with Crippen LogP contribution in [0.4, 0.5) is 0 Å². The van der Waals surface area contributed by atoms with Gasteiger partial charge >= 0.3 is 0 Å². The minimum absolute atomic E-state index is 0.0341. The average molecular weight is 238 g/mol. The molecule has 0 spiro atoms. The maximum Gasteiger partial charge on any atom is 0.135 e. The van der Waals surface area contributed by atoms with Gasteiger partial charge in [0, 0.05) is 0 Å². The molecule has 2 nitrogen and oxygen atoms in total. The van der Waals surface area contributed by atoms with Crippen LogP contribution < -0.4 is 4.74 Å². The van der Waals surface area contributed by atoms with Crippen LogP contribution in [0.3, 0.4) is 0 Å². The number of halogens is 1. The Balaban J connectivity index is 2.62. The molecule has 0 unspecified atom stereocenters. The Morgan fingerprint density at radius 2 is 2.06 bits per heavy atom. The van der Waals surface area contributed by atoms with Crippen molar-refractivity contribution in [1.82, 2.24) is 0 Å². The second kappa shape index (κ2) is 3.77. The van der Waals surface area contributed by atoms with E-state index < -0.39 is 0 Å². The number of rotatable bonds is 0. The van der Waals surface area contributed by atoms with E-state index in [4.69, 9.17) is 16.3 Å². The summed E-state index contributed by atoms with van der Waals surface area (Å²) in [5.74, 6) is 0.852. The van der Waals surface area contributed by atoms with Crippen molar-refractivity contribution < 1.29 is 4.74 Å². The maximum absolute atomic E-state index is 6.22. The van der Waals surface area contributed by atoms with Gasteiger partial charge in [0.1, 0.15) is 16.5 Å². The lowest BCUT2D eigenvalue weighted by molar-refractivity contribution is 0.0882. The number of hydrogen-bond acceptors (Lipinski definition) is 2. The van der Waals surface area contributed by atoms with Gasteiger partial charge in [-0.3, -0.25) is 4.99 Å². The Morgan fingerprint density at radius 3 is 2.75 bits per heavy atom. The predicted molar refractivity (Wildman–Crippen MR) is 67.7 cm³/mol. The van der Waals surface area contributed by atoms with Gasteiger partial charge in [-0.15, -0.1) is 0 Å². The van der Waals surface area contributed by atoms with E-state index in [1.54, 1.807) is 0 Å². The van der Waals surface area contributed by atoms with Crippen LogP contribution in [0.25, 0.3) is 0 Å². The molecule has 0 saturated carbocycles. The molecule has 0 amide bonds. The zero-order chi connectivity index (χ0) is 11.9. The van der Waals surface area contributed by atoms with Crippen LogP contribution in [0.2, 0.25) is 0 Å². The standard InChI is InChI=1S/C13H16ClNO/c1-8-6-5-7-10-11(8)16-13(3,4)9(2)15-12(10)14/h5-7,9H,1-4H3/t9-/m1/s1. The first-order valence-electron chi connectivity index (χ1n) is 5.44. The maximum atomic E-state index is 6.22. The number of ether oxygens (including phenoxy) is 1. The lowest BCUT2D eigenvalue weighted by Crippen LogP contribution is -2.38. The van der Waals surface area contributed by atoms with Gasteiger partial charge in [-0.2, -0.15) is 0 Å². The second-order valence-electron chi connectivity index (χ2n) is 4.75. The Morgan fingerprint density at radius 1 is 1.38 bits per heavy atom. The van der Waals surface area contributed by atoms with E-state index in [0.29, 0.717) is 5.17 Å². The quantitative estimate of drug-likeness (QED) is 0.676. The summed E-state index contributed by atoms with van der Waals surface area (Å²) in [5.41, 5.74) is 1.64. The first-order valence-corrected chi connectivity index (χ1v) is 5.82. The highest BCUT2D eigenvalue weighted by molar-refractivity contribution is 6.70. The summed E-state index contributed by atoms with van der Waals surface area (Å²) >= 11 is 6.22. The number of fused-ring (bicyclic) bond motifs is 1. The molecule has 0 aliphatic carbocycles. The van der Waals surface area contributed by atoms with Crippen LogP contribution in [-0.4, -0.2) is 16.8 Å². The van der Waals surface area contributed by atoms with Crippen molar-refractivity contribution in [2.75, 3.05) is 0 Å². The molecule has 16 heavy (non-hydrogen) atoms. The fourth-order valence-corrected chi connectivity index (χ4v) is 1.99. The van der Waals surface area contributed by atoms with E-state index >= 15 is 0 Å². The first-order chi connectivity index (χ1) is 7.42. The summed E-state index contributed by atoms with van der Waals surface area (Å²) in [5, 5.41) is 0.539. The van der Waals surface area contributed by atoms with Crippen LogP contribution in [0.5, 0.6) is 5.75 Å². The van der Waals surface area contributed by atoms with Gasteiger partial charge in [-0.1, -0.05) is 23.7 Å². The third kappa shape index (κ3) is 1.82. The average Bonchev–Trinajstić information content (AvgIpc) is 2.27. The molecule has 0 fully saturated rings. The van der Waals surface area contributed by atoms with Crippen molar-refractivity contribution in [3.05, 3.63) is 29.3 Å². The van der Waals surface area contributed by atoms with Gasteiger partial charge < -0.3 is 4.74 Å². The molecule has 86 valence electrons. The van der Waals surface area contributed by atoms with E-state index in [9.17, 15) is 0 Å². The lowest BCUT2D eigenvalue weighted by atomic mass is 10.0. The van der Waals surface area contributed by atoms with E-state index in [2.05, 4.69) is 4.99 Å². The molecule has 1 heterocycles. The summed E-state index contributed by atoms with van der Waals surface area (Å²) in [4.78, 5) is 4.47. The molecule has 1 aliphatic rings. The topological polar surface area (TPSA) is 21.6 Å². The highest BCUT2D eigenvalue weighted by Gasteiger charge is 2.32. The van der Waals surface area contributed by atoms with Crippen molar-refractivity contribution in [2.24, 2.45) is 4.99 Å². The summed E-state index contributed by atoms with van der Waals surface area (Å²) < 4.78 is 6.06. The SMILES string of the molecule is Cc1cccc2c1OC(C)(C)[C@@H](C)N=C2Cl.